The first-order chi connectivity index (χ1) is 10.1. The van der Waals surface area contributed by atoms with E-state index < -0.39 is 0 Å². The van der Waals surface area contributed by atoms with Gasteiger partial charge in [-0.25, -0.2) is 4.39 Å². The number of hydrogen-bond donors (Lipinski definition) is 1. The van der Waals surface area contributed by atoms with Crippen molar-refractivity contribution < 1.29 is 9.18 Å². The maximum absolute atomic E-state index is 13.1. The fourth-order valence-electron chi connectivity index (χ4n) is 2.53. The van der Waals surface area contributed by atoms with Crippen LogP contribution in [0, 0.1) is 5.82 Å². The largest absolute Gasteiger partial charge is 0.351 e. The van der Waals surface area contributed by atoms with E-state index in [0.717, 1.165) is 12.8 Å². The lowest BCUT2D eigenvalue weighted by Crippen LogP contribution is -2.32. The van der Waals surface area contributed by atoms with Crippen LogP contribution < -0.4 is 5.32 Å². The standard InChI is InChI=1S/C17H15BrFNO/c18-15-10-13(19)6-7-14(15)16(21)20-11-17(8-9-17)12-4-2-1-3-5-12/h1-7,10H,8-9,11H2,(H,20,21). The molecule has 2 aromatic carbocycles. The third kappa shape index (κ3) is 3.00. The molecule has 0 unspecified atom stereocenters. The Labute approximate surface area is 131 Å². The molecule has 108 valence electrons. The van der Waals surface area contributed by atoms with Crippen LogP contribution in [-0.2, 0) is 5.41 Å². The van der Waals surface area contributed by atoms with Gasteiger partial charge in [-0.2, -0.15) is 0 Å². The van der Waals surface area contributed by atoms with Crippen LogP contribution >= 0.6 is 15.9 Å². The summed E-state index contributed by atoms with van der Waals surface area (Å²) in [6.45, 7) is 0.611. The lowest BCUT2D eigenvalue weighted by molar-refractivity contribution is 0.0949. The molecular formula is C17H15BrFNO. The van der Waals surface area contributed by atoms with Gasteiger partial charge in [0.25, 0.3) is 5.91 Å². The Morgan fingerprint density at radius 1 is 1.19 bits per heavy atom. The topological polar surface area (TPSA) is 29.1 Å². The summed E-state index contributed by atoms with van der Waals surface area (Å²) in [7, 11) is 0. The van der Waals surface area contributed by atoms with E-state index in [4.69, 9.17) is 0 Å². The van der Waals surface area contributed by atoms with Gasteiger partial charge in [-0.05, 0) is 52.5 Å². The first-order valence-corrected chi connectivity index (χ1v) is 7.69. The lowest BCUT2D eigenvalue weighted by atomic mass is 9.96. The molecule has 1 aliphatic carbocycles. The molecule has 1 fully saturated rings. The Morgan fingerprint density at radius 3 is 2.52 bits per heavy atom. The highest BCUT2D eigenvalue weighted by atomic mass is 79.9. The van der Waals surface area contributed by atoms with Crippen molar-refractivity contribution in [1.82, 2.24) is 5.32 Å². The Balaban J connectivity index is 1.69. The summed E-state index contributed by atoms with van der Waals surface area (Å²) in [6, 6.07) is 14.3. The third-order valence-electron chi connectivity index (χ3n) is 4.00. The molecule has 2 aromatic rings. The predicted molar refractivity (Wildman–Crippen MR) is 83.8 cm³/mol. The molecule has 0 bridgehead atoms. The second-order valence-electron chi connectivity index (χ2n) is 5.45. The number of hydrogen-bond acceptors (Lipinski definition) is 1. The van der Waals surface area contributed by atoms with Gasteiger partial charge in [0.2, 0.25) is 0 Å². The molecule has 0 atom stereocenters. The number of carbonyl (C=O) groups is 1. The zero-order chi connectivity index (χ0) is 14.9. The van der Waals surface area contributed by atoms with Crippen LogP contribution in [0.5, 0.6) is 0 Å². The average Bonchev–Trinajstić information content (AvgIpc) is 3.27. The number of benzene rings is 2. The Bertz CT molecular complexity index is 668. The van der Waals surface area contributed by atoms with Crippen LogP contribution in [-0.4, -0.2) is 12.5 Å². The molecule has 1 amide bonds. The molecule has 2 nitrogen and oxygen atoms in total. The molecule has 1 N–H and O–H groups in total. The number of carbonyl (C=O) groups excluding carboxylic acids is 1. The van der Waals surface area contributed by atoms with Gasteiger partial charge in [-0.15, -0.1) is 0 Å². The van der Waals surface area contributed by atoms with Gasteiger partial charge >= 0.3 is 0 Å². The monoisotopic (exact) mass is 347 g/mol. The minimum absolute atomic E-state index is 0.0728. The molecule has 0 radical (unpaired) electrons. The Hall–Kier alpha value is -1.68. The van der Waals surface area contributed by atoms with Gasteiger partial charge in [0.15, 0.2) is 0 Å². The van der Waals surface area contributed by atoms with E-state index in [0.29, 0.717) is 16.6 Å². The zero-order valence-electron chi connectivity index (χ0n) is 11.4. The summed E-state index contributed by atoms with van der Waals surface area (Å²) in [4.78, 5) is 12.2. The normalized spacial score (nSPS) is 15.5. The van der Waals surface area contributed by atoms with Gasteiger partial charge in [-0.3, -0.25) is 4.79 Å². The molecule has 0 aliphatic heterocycles. The van der Waals surface area contributed by atoms with E-state index in [-0.39, 0.29) is 17.1 Å². The molecule has 0 spiro atoms. The van der Waals surface area contributed by atoms with Gasteiger partial charge in [0.05, 0.1) is 5.56 Å². The molecule has 0 aromatic heterocycles. The summed E-state index contributed by atoms with van der Waals surface area (Å²) in [5.74, 6) is -0.537. The minimum atomic E-state index is -0.360. The summed E-state index contributed by atoms with van der Waals surface area (Å²) < 4.78 is 13.5. The number of amides is 1. The molecule has 3 rings (SSSR count). The van der Waals surface area contributed by atoms with Crippen LogP contribution in [0.2, 0.25) is 0 Å². The SMILES string of the molecule is O=C(NCC1(c2ccccc2)CC1)c1ccc(F)cc1Br. The molecule has 0 heterocycles. The van der Waals surface area contributed by atoms with Crippen LogP contribution in [0.15, 0.2) is 53.0 Å². The summed E-state index contributed by atoms with van der Waals surface area (Å²) >= 11 is 3.23. The van der Waals surface area contributed by atoms with E-state index in [9.17, 15) is 9.18 Å². The highest BCUT2D eigenvalue weighted by Gasteiger charge is 2.44. The van der Waals surface area contributed by atoms with E-state index in [1.165, 1.54) is 23.8 Å². The number of rotatable bonds is 4. The van der Waals surface area contributed by atoms with Crippen molar-refractivity contribution in [3.63, 3.8) is 0 Å². The Morgan fingerprint density at radius 2 is 1.90 bits per heavy atom. The van der Waals surface area contributed by atoms with Gasteiger partial charge < -0.3 is 5.32 Å². The maximum atomic E-state index is 13.1. The van der Waals surface area contributed by atoms with E-state index in [1.54, 1.807) is 0 Å². The zero-order valence-corrected chi connectivity index (χ0v) is 13.0. The maximum Gasteiger partial charge on any atom is 0.252 e. The van der Waals surface area contributed by atoms with Crippen molar-refractivity contribution in [3.05, 3.63) is 69.9 Å². The first-order valence-electron chi connectivity index (χ1n) is 6.90. The fourth-order valence-corrected chi connectivity index (χ4v) is 3.06. The van der Waals surface area contributed by atoms with Crippen LogP contribution in [0.1, 0.15) is 28.8 Å². The highest BCUT2D eigenvalue weighted by molar-refractivity contribution is 9.10. The van der Waals surface area contributed by atoms with Crippen LogP contribution in [0.3, 0.4) is 0 Å². The van der Waals surface area contributed by atoms with Gasteiger partial charge in [0.1, 0.15) is 5.82 Å². The van der Waals surface area contributed by atoms with Crippen molar-refractivity contribution in [2.45, 2.75) is 18.3 Å². The highest BCUT2D eigenvalue weighted by Crippen LogP contribution is 2.47. The van der Waals surface area contributed by atoms with Crippen molar-refractivity contribution in [1.29, 1.82) is 0 Å². The van der Waals surface area contributed by atoms with Gasteiger partial charge in [0, 0.05) is 16.4 Å². The Kier molecular flexibility index (Phi) is 3.81. The van der Waals surface area contributed by atoms with Crippen LogP contribution in [0.25, 0.3) is 0 Å². The minimum Gasteiger partial charge on any atom is -0.351 e. The van der Waals surface area contributed by atoms with E-state index in [1.807, 2.05) is 18.2 Å². The fraction of sp³-hybridized carbons (Fsp3) is 0.235. The van der Waals surface area contributed by atoms with Crippen LogP contribution in [0.4, 0.5) is 4.39 Å². The summed E-state index contributed by atoms with van der Waals surface area (Å²) in [5, 5.41) is 2.97. The smallest absolute Gasteiger partial charge is 0.252 e. The summed E-state index contributed by atoms with van der Waals surface area (Å²) in [5.41, 5.74) is 1.80. The number of nitrogens with one attached hydrogen (secondary N) is 1. The predicted octanol–water partition coefficient (Wildman–Crippen LogP) is 4.05. The van der Waals surface area contributed by atoms with Crippen molar-refractivity contribution >= 4 is 21.8 Å². The molecule has 1 aliphatic rings. The molecule has 4 heteroatoms. The molecule has 1 saturated carbocycles. The van der Waals surface area contributed by atoms with E-state index in [2.05, 4.69) is 33.4 Å². The van der Waals surface area contributed by atoms with Crippen molar-refractivity contribution in [3.8, 4) is 0 Å². The molecule has 21 heavy (non-hydrogen) atoms. The third-order valence-corrected chi connectivity index (χ3v) is 4.66. The molecule has 0 saturated heterocycles. The second kappa shape index (κ2) is 5.60. The quantitative estimate of drug-likeness (QED) is 0.887. The number of halogens is 2. The van der Waals surface area contributed by atoms with E-state index >= 15 is 0 Å². The van der Waals surface area contributed by atoms with Crippen molar-refractivity contribution in [2.24, 2.45) is 0 Å². The van der Waals surface area contributed by atoms with Crippen molar-refractivity contribution in [2.75, 3.05) is 6.54 Å². The summed E-state index contributed by atoms with van der Waals surface area (Å²) in [6.07, 6.45) is 2.17. The van der Waals surface area contributed by atoms with Gasteiger partial charge in [-0.1, -0.05) is 30.3 Å². The first kappa shape index (κ1) is 14.3. The average molecular weight is 348 g/mol. The second-order valence-corrected chi connectivity index (χ2v) is 6.31. The lowest BCUT2D eigenvalue weighted by Gasteiger charge is -2.17. The molecular weight excluding hydrogens is 333 g/mol.